The smallest absolute Gasteiger partial charge is 0.252 e. The van der Waals surface area contributed by atoms with E-state index in [1.54, 1.807) is 19.9 Å². The summed E-state index contributed by atoms with van der Waals surface area (Å²) >= 11 is 0. The van der Waals surface area contributed by atoms with Crippen molar-refractivity contribution in [3.63, 3.8) is 0 Å². The van der Waals surface area contributed by atoms with Crippen molar-refractivity contribution >= 4 is 15.5 Å². The van der Waals surface area contributed by atoms with Gasteiger partial charge in [0.2, 0.25) is 9.84 Å². The van der Waals surface area contributed by atoms with E-state index in [1.165, 1.54) is 24.3 Å². The molecule has 94 valence electrons. The van der Waals surface area contributed by atoms with Crippen molar-refractivity contribution in [2.45, 2.75) is 23.9 Å². The molecule has 1 aromatic heterocycles. The lowest BCUT2D eigenvalue weighted by Gasteiger charge is -2.05. The predicted molar refractivity (Wildman–Crippen MR) is 67.8 cm³/mol. The van der Waals surface area contributed by atoms with E-state index < -0.39 is 9.84 Å². The number of nitrogens with two attached hydrogens (primary N) is 1. The predicted octanol–water partition coefficient (Wildman–Crippen LogP) is 1.51. The second kappa shape index (κ2) is 4.38. The van der Waals surface area contributed by atoms with Crippen LogP contribution in [-0.2, 0) is 9.84 Å². The van der Waals surface area contributed by atoms with E-state index in [-0.39, 0.29) is 10.1 Å². The van der Waals surface area contributed by atoms with Crippen molar-refractivity contribution in [1.82, 2.24) is 9.97 Å². The molecule has 2 aromatic rings. The van der Waals surface area contributed by atoms with Gasteiger partial charge in [-0.3, -0.25) is 0 Å². The van der Waals surface area contributed by atoms with Crippen LogP contribution < -0.4 is 5.73 Å². The highest BCUT2D eigenvalue weighted by Crippen LogP contribution is 2.19. The standard InChI is InChI=1S/C12H13N3O2S/c1-8-7-9(2)15-12(14-8)18(16,17)11-5-3-10(13)4-6-11/h3-7H,13H2,1-2H3. The minimum atomic E-state index is -3.68. The van der Waals surface area contributed by atoms with Crippen molar-refractivity contribution in [2.24, 2.45) is 0 Å². The van der Waals surface area contributed by atoms with Gasteiger partial charge in [-0.2, -0.15) is 0 Å². The number of benzene rings is 1. The van der Waals surface area contributed by atoms with Gasteiger partial charge < -0.3 is 5.73 Å². The molecule has 0 fully saturated rings. The molecule has 0 bridgehead atoms. The van der Waals surface area contributed by atoms with Gasteiger partial charge in [-0.25, -0.2) is 18.4 Å². The molecule has 0 aliphatic heterocycles. The van der Waals surface area contributed by atoms with Crippen LogP contribution >= 0.6 is 0 Å². The molecule has 0 radical (unpaired) electrons. The van der Waals surface area contributed by atoms with E-state index in [2.05, 4.69) is 9.97 Å². The summed E-state index contributed by atoms with van der Waals surface area (Å²) in [6, 6.07) is 7.70. The largest absolute Gasteiger partial charge is 0.399 e. The third kappa shape index (κ3) is 2.33. The summed E-state index contributed by atoms with van der Waals surface area (Å²) in [7, 11) is -3.68. The molecule has 0 aliphatic carbocycles. The molecule has 2 N–H and O–H groups in total. The Morgan fingerprint density at radius 2 is 1.50 bits per heavy atom. The zero-order valence-electron chi connectivity index (χ0n) is 10.1. The van der Waals surface area contributed by atoms with E-state index in [4.69, 9.17) is 5.73 Å². The number of anilines is 1. The van der Waals surface area contributed by atoms with E-state index in [0.29, 0.717) is 17.1 Å². The number of rotatable bonds is 2. The van der Waals surface area contributed by atoms with Gasteiger partial charge in [0.1, 0.15) is 0 Å². The van der Waals surface area contributed by atoms with Crippen LogP contribution in [0.5, 0.6) is 0 Å². The number of sulfone groups is 1. The van der Waals surface area contributed by atoms with Gasteiger partial charge in [-0.1, -0.05) is 0 Å². The zero-order valence-corrected chi connectivity index (χ0v) is 10.9. The zero-order chi connectivity index (χ0) is 13.3. The monoisotopic (exact) mass is 263 g/mol. The van der Waals surface area contributed by atoms with Gasteiger partial charge in [-0.05, 0) is 44.2 Å². The molecule has 0 amide bonds. The molecule has 0 unspecified atom stereocenters. The normalized spacial score (nSPS) is 11.4. The van der Waals surface area contributed by atoms with Gasteiger partial charge in [0.05, 0.1) is 4.90 Å². The molecule has 0 spiro atoms. The molecule has 1 heterocycles. The van der Waals surface area contributed by atoms with Crippen LogP contribution in [0, 0.1) is 13.8 Å². The summed E-state index contributed by atoms with van der Waals surface area (Å²) in [5.74, 6) is 0. The fourth-order valence-corrected chi connectivity index (χ4v) is 2.80. The highest BCUT2D eigenvalue weighted by molar-refractivity contribution is 7.91. The quantitative estimate of drug-likeness (QED) is 0.655. The van der Waals surface area contributed by atoms with Crippen molar-refractivity contribution in [3.8, 4) is 0 Å². The summed E-state index contributed by atoms with van der Waals surface area (Å²) in [6.45, 7) is 3.47. The number of aryl methyl sites for hydroxylation is 2. The molecule has 0 aliphatic rings. The van der Waals surface area contributed by atoms with Gasteiger partial charge in [0, 0.05) is 17.1 Å². The SMILES string of the molecule is Cc1cc(C)nc(S(=O)(=O)c2ccc(N)cc2)n1. The summed E-state index contributed by atoms with van der Waals surface area (Å²) in [5.41, 5.74) is 7.28. The number of hydrogen-bond acceptors (Lipinski definition) is 5. The highest BCUT2D eigenvalue weighted by atomic mass is 32.2. The Kier molecular flexibility index (Phi) is 3.04. The summed E-state index contributed by atoms with van der Waals surface area (Å²) in [5, 5.41) is -0.176. The molecule has 2 rings (SSSR count). The Morgan fingerprint density at radius 3 is 2.00 bits per heavy atom. The number of nitrogens with zero attached hydrogens (tertiary/aromatic N) is 2. The molecule has 6 heteroatoms. The van der Waals surface area contributed by atoms with Crippen LogP contribution in [0.4, 0.5) is 5.69 Å². The first-order valence-corrected chi connectivity index (χ1v) is 6.81. The first-order chi connectivity index (χ1) is 8.39. The van der Waals surface area contributed by atoms with Crippen molar-refractivity contribution < 1.29 is 8.42 Å². The van der Waals surface area contributed by atoms with Crippen LogP contribution in [-0.4, -0.2) is 18.4 Å². The summed E-state index contributed by atoms with van der Waals surface area (Å²) < 4.78 is 24.6. The highest BCUT2D eigenvalue weighted by Gasteiger charge is 2.21. The molecule has 1 aromatic carbocycles. The van der Waals surface area contributed by atoms with Crippen LogP contribution in [0.25, 0.3) is 0 Å². The molecular formula is C12H13N3O2S. The molecule has 0 atom stereocenters. The molecule has 5 nitrogen and oxygen atoms in total. The van der Waals surface area contributed by atoms with Crippen molar-refractivity contribution in [2.75, 3.05) is 5.73 Å². The Balaban J connectivity index is 2.57. The Hall–Kier alpha value is -1.95. The van der Waals surface area contributed by atoms with E-state index in [0.717, 1.165) is 0 Å². The van der Waals surface area contributed by atoms with Crippen LogP contribution in [0.1, 0.15) is 11.4 Å². The molecule has 18 heavy (non-hydrogen) atoms. The fourth-order valence-electron chi connectivity index (χ4n) is 1.57. The summed E-state index contributed by atoms with van der Waals surface area (Å²) in [4.78, 5) is 8.09. The Bertz CT molecular complexity index is 659. The molecule has 0 saturated carbocycles. The van der Waals surface area contributed by atoms with Crippen LogP contribution in [0.2, 0.25) is 0 Å². The maximum absolute atomic E-state index is 12.3. The second-order valence-electron chi connectivity index (χ2n) is 4.01. The minimum Gasteiger partial charge on any atom is -0.399 e. The first-order valence-electron chi connectivity index (χ1n) is 5.32. The van der Waals surface area contributed by atoms with Gasteiger partial charge in [0.15, 0.2) is 0 Å². The first kappa shape index (κ1) is 12.5. The average molecular weight is 263 g/mol. The van der Waals surface area contributed by atoms with Crippen LogP contribution in [0.15, 0.2) is 40.4 Å². The maximum Gasteiger partial charge on any atom is 0.252 e. The van der Waals surface area contributed by atoms with Gasteiger partial charge in [-0.15, -0.1) is 0 Å². The third-order valence-electron chi connectivity index (χ3n) is 2.39. The Morgan fingerprint density at radius 1 is 1.00 bits per heavy atom. The van der Waals surface area contributed by atoms with E-state index in [9.17, 15) is 8.42 Å². The third-order valence-corrected chi connectivity index (χ3v) is 3.95. The topological polar surface area (TPSA) is 85.9 Å². The number of nitrogen functional groups attached to an aromatic ring is 1. The summed E-state index contributed by atoms with van der Waals surface area (Å²) in [6.07, 6.45) is 0. The lowest BCUT2D eigenvalue weighted by atomic mass is 10.3. The lowest BCUT2D eigenvalue weighted by molar-refractivity contribution is 0.585. The molecular weight excluding hydrogens is 250 g/mol. The Labute approximate surface area is 106 Å². The average Bonchev–Trinajstić information content (AvgIpc) is 2.28. The number of aromatic nitrogens is 2. The van der Waals surface area contributed by atoms with Crippen molar-refractivity contribution in [3.05, 3.63) is 41.7 Å². The lowest BCUT2D eigenvalue weighted by Crippen LogP contribution is -2.09. The van der Waals surface area contributed by atoms with Crippen LogP contribution in [0.3, 0.4) is 0 Å². The fraction of sp³-hybridized carbons (Fsp3) is 0.167. The minimum absolute atomic E-state index is 0.140. The van der Waals surface area contributed by atoms with Gasteiger partial charge in [0.25, 0.3) is 5.16 Å². The molecule has 0 saturated heterocycles. The second-order valence-corrected chi connectivity index (χ2v) is 5.85. The van der Waals surface area contributed by atoms with E-state index >= 15 is 0 Å². The van der Waals surface area contributed by atoms with E-state index in [1.807, 2.05) is 0 Å². The number of hydrogen-bond donors (Lipinski definition) is 1. The maximum atomic E-state index is 12.3. The van der Waals surface area contributed by atoms with Crippen molar-refractivity contribution in [1.29, 1.82) is 0 Å². The van der Waals surface area contributed by atoms with Gasteiger partial charge >= 0.3 is 0 Å².